The van der Waals surface area contributed by atoms with Crippen molar-refractivity contribution in [3.05, 3.63) is 60.2 Å². The smallest absolute Gasteiger partial charge is 0.261 e. The molecule has 2 aromatic rings. The molecule has 0 aliphatic heterocycles. The van der Waals surface area contributed by atoms with Crippen LogP contribution in [0.2, 0.25) is 0 Å². The molecule has 2 rings (SSSR count). The van der Waals surface area contributed by atoms with Gasteiger partial charge < -0.3 is 24.8 Å². The number of ether oxygens (including phenoxy) is 2. The summed E-state index contributed by atoms with van der Waals surface area (Å²) in [5.41, 5.74) is 0.869. The van der Waals surface area contributed by atoms with Gasteiger partial charge in [0.2, 0.25) is 5.91 Å². The van der Waals surface area contributed by atoms with Crippen molar-refractivity contribution in [2.45, 2.75) is 25.9 Å². The Bertz CT molecular complexity index is 765. The van der Waals surface area contributed by atoms with Crippen molar-refractivity contribution >= 4 is 11.8 Å². The minimum atomic E-state index is -0.692. The van der Waals surface area contributed by atoms with Gasteiger partial charge in [0.15, 0.2) is 6.61 Å². The molecule has 2 N–H and O–H groups in total. The number of benzene rings is 2. The minimum Gasteiger partial charge on any atom is -0.497 e. The van der Waals surface area contributed by atoms with Crippen molar-refractivity contribution in [1.29, 1.82) is 0 Å². The third-order valence-electron chi connectivity index (χ3n) is 4.42. The number of carbonyl (C=O) groups excluding carboxylic acids is 2. The topological polar surface area (TPSA) is 88.1 Å². The number of methoxy groups -OCH3 is 1. The summed E-state index contributed by atoms with van der Waals surface area (Å²) in [6.45, 7) is 2.11. The zero-order valence-corrected chi connectivity index (χ0v) is 16.8. The van der Waals surface area contributed by atoms with Gasteiger partial charge in [-0.3, -0.25) is 9.59 Å². The average Bonchev–Trinajstić information content (AvgIpc) is 2.76. The van der Waals surface area contributed by atoms with Gasteiger partial charge in [0.05, 0.1) is 7.11 Å². The summed E-state index contributed by atoms with van der Waals surface area (Å²) in [6.07, 6.45) is 0.460. The summed E-state index contributed by atoms with van der Waals surface area (Å²) in [6, 6.07) is 15.7. The zero-order valence-electron chi connectivity index (χ0n) is 16.8. The fourth-order valence-corrected chi connectivity index (χ4v) is 2.69. The van der Waals surface area contributed by atoms with E-state index < -0.39 is 6.04 Å². The first-order valence-electron chi connectivity index (χ1n) is 9.54. The van der Waals surface area contributed by atoms with E-state index in [9.17, 15) is 9.59 Å². The molecule has 7 nitrogen and oxygen atoms in total. The number of hydrogen-bond donors (Lipinski definition) is 2. The van der Waals surface area contributed by atoms with Gasteiger partial charge in [-0.15, -0.1) is 0 Å². The number of aliphatic hydroxyl groups is 1. The predicted molar refractivity (Wildman–Crippen MR) is 110 cm³/mol. The fraction of sp³-hybridized carbons (Fsp3) is 0.364. The Labute approximate surface area is 171 Å². The highest BCUT2D eigenvalue weighted by molar-refractivity contribution is 5.87. The Hall–Kier alpha value is -3.06. The molecule has 0 saturated carbocycles. The molecule has 0 radical (unpaired) electrons. The predicted octanol–water partition coefficient (Wildman–Crippen LogP) is 1.99. The van der Waals surface area contributed by atoms with E-state index >= 15 is 0 Å². The standard InChI is InChI=1S/C22H28N2O5/c1-17(22(27)23-13-6-14-25)24(15-18-9-11-19(28-2)12-10-18)21(26)16-29-20-7-4-3-5-8-20/h3-5,7-12,17,25H,6,13-16H2,1-2H3,(H,23,27)/t17-/m0/s1. The first kappa shape index (κ1) is 22.2. The second-order valence-electron chi connectivity index (χ2n) is 6.52. The molecule has 0 aliphatic carbocycles. The normalized spacial score (nSPS) is 11.4. The lowest BCUT2D eigenvalue weighted by Crippen LogP contribution is -2.49. The quantitative estimate of drug-likeness (QED) is 0.563. The van der Waals surface area contributed by atoms with Crippen molar-refractivity contribution in [2.24, 2.45) is 0 Å². The van der Waals surface area contributed by atoms with Gasteiger partial charge >= 0.3 is 0 Å². The number of aliphatic hydroxyl groups excluding tert-OH is 1. The summed E-state index contributed by atoms with van der Waals surface area (Å²) in [5.74, 6) is 0.730. The highest BCUT2D eigenvalue weighted by atomic mass is 16.5. The molecule has 0 spiro atoms. The van der Waals surface area contributed by atoms with Crippen LogP contribution in [0.25, 0.3) is 0 Å². The maximum absolute atomic E-state index is 12.9. The van der Waals surface area contributed by atoms with Crippen molar-refractivity contribution in [3.8, 4) is 11.5 Å². The molecular weight excluding hydrogens is 372 g/mol. The molecule has 0 unspecified atom stereocenters. The van der Waals surface area contributed by atoms with Crippen LogP contribution in [0.1, 0.15) is 18.9 Å². The third-order valence-corrected chi connectivity index (χ3v) is 4.42. The number of nitrogens with one attached hydrogen (secondary N) is 1. The average molecular weight is 400 g/mol. The number of hydrogen-bond acceptors (Lipinski definition) is 5. The minimum absolute atomic E-state index is 0.00588. The highest BCUT2D eigenvalue weighted by Gasteiger charge is 2.26. The van der Waals surface area contributed by atoms with E-state index in [1.165, 1.54) is 4.90 Å². The Kier molecular flexibility index (Phi) is 8.98. The van der Waals surface area contributed by atoms with Gasteiger partial charge in [0.25, 0.3) is 5.91 Å². The van der Waals surface area contributed by atoms with Crippen LogP contribution in [0, 0.1) is 0 Å². The maximum Gasteiger partial charge on any atom is 0.261 e. The van der Waals surface area contributed by atoms with Gasteiger partial charge in [0.1, 0.15) is 17.5 Å². The summed E-state index contributed by atoms with van der Waals surface area (Å²) in [4.78, 5) is 26.8. The summed E-state index contributed by atoms with van der Waals surface area (Å²) in [7, 11) is 1.59. The molecule has 0 fully saturated rings. The number of amides is 2. The van der Waals surface area contributed by atoms with E-state index in [2.05, 4.69) is 5.32 Å². The molecule has 29 heavy (non-hydrogen) atoms. The Morgan fingerprint density at radius 3 is 2.38 bits per heavy atom. The number of para-hydroxylation sites is 1. The monoisotopic (exact) mass is 400 g/mol. The van der Waals surface area contributed by atoms with E-state index in [0.29, 0.717) is 24.5 Å². The van der Waals surface area contributed by atoms with Crippen LogP contribution < -0.4 is 14.8 Å². The lowest BCUT2D eigenvalue weighted by atomic mass is 10.1. The van der Waals surface area contributed by atoms with Crippen molar-refractivity contribution in [3.63, 3.8) is 0 Å². The van der Waals surface area contributed by atoms with Crippen LogP contribution in [0.4, 0.5) is 0 Å². The summed E-state index contributed by atoms with van der Waals surface area (Å²) >= 11 is 0. The van der Waals surface area contributed by atoms with Gasteiger partial charge in [-0.1, -0.05) is 30.3 Å². The van der Waals surface area contributed by atoms with Gasteiger partial charge in [-0.25, -0.2) is 0 Å². The third kappa shape index (κ3) is 7.12. The molecule has 2 aromatic carbocycles. The number of nitrogens with zero attached hydrogens (tertiary/aromatic N) is 1. The van der Waals surface area contributed by atoms with Crippen LogP contribution >= 0.6 is 0 Å². The second kappa shape index (κ2) is 11.7. The van der Waals surface area contributed by atoms with Crippen LogP contribution in [0.15, 0.2) is 54.6 Å². The SMILES string of the molecule is COc1ccc(CN(C(=O)COc2ccccc2)[C@@H](C)C(=O)NCCCO)cc1. The molecule has 1 atom stereocenters. The van der Waals surface area contributed by atoms with Crippen molar-refractivity contribution in [1.82, 2.24) is 10.2 Å². The molecule has 2 amide bonds. The second-order valence-corrected chi connectivity index (χ2v) is 6.52. The lowest BCUT2D eigenvalue weighted by Gasteiger charge is -2.28. The lowest BCUT2D eigenvalue weighted by molar-refractivity contribution is -0.142. The zero-order chi connectivity index (χ0) is 21.1. The first-order chi connectivity index (χ1) is 14.0. The van der Waals surface area contributed by atoms with Gasteiger partial charge in [0, 0.05) is 19.7 Å². The fourth-order valence-electron chi connectivity index (χ4n) is 2.69. The van der Waals surface area contributed by atoms with E-state index in [-0.39, 0.29) is 31.6 Å². The van der Waals surface area contributed by atoms with E-state index in [1.807, 2.05) is 42.5 Å². The number of carbonyl (C=O) groups is 2. The Morgan fingerprint density at radius 1 is 1.07 bits per heavy atom. The molecule has 0 aromatic heterocycles. The maximum atomic E-state index is 12.9. The van der Waals surface area contributed by atoms with E-state index in [1.54, 1.807) is 26.2 Å². The molecular formula is C22H28N2O5. The first-order valence-corrected chi connectivity index (χ1v) is 9.54. The summed E-state index contributed by atoms with van der Waals surface area (Å²) < 4.78 is 10.7. The highest BCUT2D eigenvalue weighted by Crippen LogP contribution is 2.16. The van der Waals surface area contributed by atoms with E-state index in [4.69, 9.17) is 14.6 Å². The Balaban J connectivity index is 2.09. The Morgan fingerprint density at radius 2 is 1.76 bits per heavy atom. The van der Waals surface area contributed by atoms with Gasteiger partial charge in [-0.2, -0.15) is 0 Å². The number of rotatable bonds is 11. The molecule has 0 saturated heterocycles. The summed E-state index contributed by atoms with van der Waals surface area (Å²) in [5, 5.41) is 11.6. The van der Waals surface area contributed by atoms with Crippen LogP contribution in [0.3, 0.4) is 0 Å². The largest absolute Gasteiger partial charge is 0.497 e. The van der Waals surface area contributed by atoms with Gasteiger partial charge in [-0.05, 0) is 43.2 Å². The molecule has 0 bridgehead atoms. The van der Waals surface area contributed by atoms with Crippen molar-refractivity contribution < 1.29 is 24.2 Å². The van der Waals surface area contributed by atoms with E-state index in [0.717, 1.165) is 5.56 Å². The van der Waals surface area contributed by atoms with Crippen LogP contribution in [0.5, 0.6) is 11.5 Å². The molecule has 156 valence electrons. The molecule has 0 aliphatic rings. The molecule has 0 heterocycles. The van der Waals surface area contributed by atoms with Crippen LogP contribution in [-0.2, 0) is 16.1 Å². The molecule has 7 heteroatoms. The van der Waals surface area contributed by atoms with Crippen LogP contribution in [-0.4, -0.2) is 54.7 Å². The van der Waals surface area contributed by atoms with Crippen molar-refractivity contribution in [2.75, 3.05) is 26.9 Å².